The van der Waals surface area contributed by atoms with Gasteiger partial charge in [-0.15, -0.1) is 0 Å². The number of anilines is 1. The van der Waals surface area contributed by atoms with Crippen molar-refractivity contribution in [2.75, 3.05) is 32.2 Å². The third-order valence-corrected chi connectivity index (χ3v) is 5.31. The lowest BCUT2D eigenvalue weighted by Crippen LogP contribution is -2.45. The molecule has 0 radical (unpaired) electrons. The van der Waals surface area contributed by atoms with Crippen LogP contribution in [-0.4, -0.2) is 38.7 Å². The van der Waals surface area contributed by atoms with Crippen LogP contribution in [0.5, 0.6) is 11.5 Å². The molecule has 10 heteroatoms. The molecule has 0 unspecified atom stereocenters. The Morgan fingerprint density at radius 2 is 1.84 bits per heavy atom. The molecule has 2 aromatic carbocycles. The summed E-state index contributed by atoms with van der Waals surface area (Å²) >= 11 is 0. The normalized spacial score (nSPS) is 15.6. The van der Waals surface area contributed by atoms with E-state index in [1.807, 2.05) is 0 Å². The number of ether oxygens (including phenoxy) is 3. The van der Waals surface area contributed by atoms with Crippen LogP contribution in [-0.2, 0) is 25.9 Å². The number of nitrogens with one attached hydrogen (secondary N) is 1. The Morgan fingerprint density at radius 1 is 1.12 bits per heavy atom. The molecule has 1 saturated heterocycles. The van der Waals surface area contributed by atoms with Gasteiger partial charge in [-0.3, -0.25) is 9.59 Å². The highest BCUT2D eigenvalue weighted by molar-refractivity contribution is 5.99. The van der Waals surface area contributed by atoms with Crippen LogP contribution in [0.2, 0.25) is 0 Å². The van der Waals surface area contributed by atoms with E-state index in [9.17, 15) is 22.8 Å². The fourth-order valence-corrected chi connectivity index (χ4v) is 3.63. The van der Waals surface area contributed by atoms with Gasteiger partial charge in [0.15, 0.2) is 18.1 Å². The van der Waals surface area contributed by atoms with Crippen molar-refractivity contribution >= 4 is 17.5 Å². The minimum atomic E-state index is -4.53. The molecule has 1 aliphatic rings. The molecular formula is C22H23F3N2O5. The molecule has 0 aliphatic carbocycles. The van der Waals surface area contributed by atoms with Crippen LogP contribution in [0, 0.1) is 0 Å². The summed E-state index contributed by atoms with van der Waals surface area (Å²) in [5, 5.41) is 2.76. The number of primary amides is 1. The number of nitrogens with two attached hydrogens (primary N) is 1. The second-order valence-corrected chi connectivity index (χ2v) is 7.35. The van der Waals surface area contributed by atoms with Crippen molar-refractivity contribution in [3.8, 4) is 11.5 Å². The van der Waals surface area contributed by atoms with Crippen molar-refractivity contribution in [3.05, 3.63) is 53.6 Å². The van der Waals surface area contributed by atoms with E-state index in [1.165, 1.54) is 31.4 Å². The summed E-state index contributed by atoms with van der Waals surface area (Å²) in [7, 11) is 1.41. The molecule has 0 atom stereocenters. The van der Waals surface area contributed by atoms with Gasteiger partial charge >= 0.3 is 6.18 Å². The lowest BCUT2D eigenvalue weighted by Gasteiger charge is -2.36. The van der Waals surface area contributed by atoms with Crippen molar-refractivity contribution < 1.29 is 37.0 Å². The van der Waals surface area contributed by atoms with E-state index in [0.29, 0.717) is 11.4 Å². The van der Waals surface area contributed by atoms with Crippen LogP contribution in [0.15, 0.2) is 42.5 Å². The number of carbonyl (C=O) groups excluding carboxylic acids is 2. The van der Waals surface area contributed by atoms with E-state index in [2.05, 4.69) is 5.32 Å². The Kier molecular flexibility index (Phi) is 6.93. The van der Waals surface area contributed by atoms with Gasteiger partial charge in [-0.05, 0) is 36.6 Å². The quantitative estimate of drug-likeness (QED) is 0.672. The number of halogens is 3. The Hall–Kier alpha value is -3.27. The standard InChI is InChI=1S/C22H23F3N2O5/c1-30-17-6-5-16(12-18(17)32-13-19(26)28)27-20(29)21(7-9-31-10-8-21)14-3-2-4-15(11-14)22(23,24)25/h2-6,11-12H,7-10,13H2,1H3,(H2,26,28)(H,27,29). The number of methoxy groups -OCH3 is 1. The van der Waals surface area contributed by atoms with Crippen molar-refractivity contribution in [2.24, 2.45) is 5.73 Å². The van der Waals surface area contributed by atoms with E-state index < -0.39 is 29.0 Å². The first kappa shape index (κ1) is 23.4. The monoisotopic (exact) mass is 452 g/mol. The minimum absolute atomic E-state index is 0.184. The fourth-order valence-electron chi connectivity index (χ4n) is 3.63. The molecule has 0 bridgehead atoms. The van der Waals surface area contributed by atoms with Crippen molar-refractivity contribution in [2.45, 2.75) is 24.4 Å². The average molecular weight is 452 g/mol. The Balaban J connectivity index is 1.92. The summed E-state index contributed by atoms with van der Waals surface area (Å²) in [6.45, 7) is 0.0811. The van der Waals surface area contributed by atoms with E-state index in [-0.39, 0.29) is 44.0 Å². The van der Waals surface area contributed by atoms with Crippen LogP contribution in [0.25, 0.3) is 0 Å². The topological polar surface area (TPSA) is 99.9 Å². The Morgan fingerprint density at radius 3 is 2.47 bits per heavy atom. The molecule has 0 aromatic heterocycles. The van der Waals surface area contributed by atoms with E-state index in [4.69, 9.17) is 19.9 Å². The van der Waals surface area contributed by atoms with Gasteiger partial charge in [0, 0.05) is 25.0 Å². The van der Waals surface area contributed by atoms with E-state index >= 15 is 0 Å². The van der Waals surface area contributed by atoms with Crippen LogP contribution in [0.3, 0.4) is 0 Å². The Labute approximate surface area is 182 Å². The lowest BCUT2D eigenvalue weighted by atomic mass is 9.73. The second-order valence-electron chi connectivity index (χ2n) is 7.35. The molecule has 1 aliphatic heterocycles. The molecule has 0 saturated carbocycles. The average Bonchev–Trinajstić information content (AvgIpc) is 2.77. The number of hydrogen-bond acceptors (Lipinski definition) is 5. The maximum atomic E-state index is 13.4. The predicted octanol–water partition coefficient (Wildman–Crippen LogP) is 3.27. The molecule has 2 aromatic rings. The highest BCUT2D eigenvalue weighted by Crippen LogP contribution is 2.39. The van der Waals surface area contributed by atoms with Gasteiger partial charge in [0.1, 0.15) is 0 Å². The number of carbonyl (C=O) groups is 2. The van der Waals surface area contributed by atoms with Gasteiger partial charge < -0.3 is 25.3 Å². The van der Waals surface area contributed by atoms with E-state index in [0.717, 1.165) is 12.1 Å². The maximum absolute atomic E-state index is 13.4. The third-order valence-electron chi connectivity index (χ3n) is 5.31. The zero-order valence-corrected chi connectivity index (χ0v) is 17.3. The molecule has 172 valence electrons. The van der Waals surface area contributed by atoms with Gasteiger partial charge in [-0.1, -0.05) is 18.2 Å². The first-order chi connectivity index (χ1) is 15.2. The highest BCUT2D eigenvalue weighted by atomic mass is 19.4. The van der Waals surface area contributed by atoms with Crippen molar-refractivity contribution in [1.82, 2.24) is 0 Å². The van der Waals surface area contributed by atoms with Crippen molar-refractivity contribution in [1.29, 1.82) is 0 Å². The molecule has 2 amide bonds. The molecule has 0 spiro atoms. The van der Waals surface area contributed by atoms with Crippen LogP contribution in [0.1, 0.15) is 24.0 Å². The number of benzene rings is 2. The maximum Gasteiger partial charge on any atom is 0.416 e. The number of alkyl halides is 3. The first-order valence-electron chi connectivity index (χ1n) is 9.82. The summed E-state index contributed by atoms with van der Waals surface area (Å²) in [4.78, 5) is 24.4. The number of rotatable bonds is 7. The molecular weight excluding hydrogens is 429 g/mol. The van der Waals surface area contributed by atoms with Crippen LogP contribution >= 0.6 is 0 Å². The van der Waals surface area contributed by atoms with Gasteiger partial charge in [0.2, 0.25) is 5.91 Å². The lowest BCUT2D eigenvalue weighted by molar-refractivity contribution is -0.138. The minimum Gasteiger partial charge on any atom is -0.493 e. The van der Waals surface area contributed by atoms with Crippen molar-refractivity contribution in [3.63, 3.8) is 0 Å². The summed E-state index contributed by atoms with van der Waals surface area (Å²) < 4.78 is 55.7. The van der Waals surface area contributed by atoms with Gasteiger partial charge in [0.25, 0.3) is 5.91 Å². The van der Waals surface area contributed by atoms with Gasteiger partial charge in [-0.25, -0.2) is 0 Å². The highest BCUT2D eigenvalue weighted by Gasteiger charge is 2.43. The van der Waals surface area contributed by atoms with Gasteiger partial charge in [0.05, 0.1) is 18.1 Å². The number of amides is 2. The SMILES string of the molecule is COc1ccc(NC(=O)C2(c3cccc(C(F)(F)F)c3)CCOCC2)cc1OCC(N)=O. The molecule has 3 rings (SSSR count). The smallest absolute Gasteiger partial charge is 0.416 e. The molecule has 3 N–H and O–H groups in total. The number of hydrogen-bond donors (Lipinski definition) is 2. The summed E-state index contributed by atoms with van der Waals surface area (Å²) in [5.41, 5.74) is 3.68. The summed E-state index contributed by atoms with van der Waals surface area (Å²) in [6.07, 6.45) is -4.08. The predicted molar refractivity (Wildman–Crippen MR) is 109 cm³/mol. The molecule has 7 nitrogen and oxygen atoms in total. The van der Waals surface area contributed by atoms with Gasteiger partial charge in [-0.2, -0.15) is 13.2 Å². The molecule has 1 heterocycles. The zero-order valence-electron chi connectivity index (χ0n) is 17.3. The molecule has 32 heavy (non-hydrogen) atoms. The first-order valence-corrected chi connectivity index (χ1v) is 9.82. The Bertz CT molecular complexity index is 988. The van der Waals surface area contributed by atoms with Crippen LogP contribution in [0.4, 0.5) is 18.9 Å². The zero-order chi connectivity index (χ0) is 23.4. The fraction of sp³-hybridized carbons (Fsp3) is 0.364. The summed E-state index contributed by atoms with van der Waals surface area (Å²) in [5.74, 6) is -0.648. The second kappa shape index (κ2) is 9.47. The summed E-state index contributed by atoms with van der Waals surface area (Å²) in [6, 6.07) is 9.36. The third kappa shape index (κ3) is 5.13. The molecule has 1 fully saturated rings. The largest absolute Gasteiger partial charge is 0.493 e. The van der Waals surface area contributed by atoms with E-state index in [1.54, 1.807) is 6.07 Å². The van der Waals surface area contributed by atoms with Crippen LogP contribution < -0.4 is 20.5 Å².